The second-order valence-corrected chi connectivity index (χ2v) is 5.03. The molecule has 0 saturated carbocycles. The zero-order valence-electron chi connectivity index (χ0n) is 14.9. The Balaban J connectivity index is 0.00000100. The van der Waals surface area contributed by atoms with Gasteiger partial charge in [-0.3, -0.25) is 0 Å². The Morgan fingerprint density at radius 1 is 0.917 bits per heavy atom. The first kappa shape index (κ1) is 17.5. The molecule has 0 atom stereocenters. The van der Waals surface area contributed by atoms with Crippen molar-refractivity contribution in [2.45, 2.75) is 41.5 Å². The van der Waals surface area contributed by atoms with Gasteiger partial charge in [0.15, 0.2) is 0 Å². The van der Waals surface area contributed by atoms with Gasteiger partial charge in [0.05, 0.1) is 35.0 Å². The number of aryl methyl sites for hydroxylation is 4. The summed E-state index contributed by atoms with van der Waals surface area (Å²) in [6.07, 6.45) is 3.44. The van der Waals surface area contributed by atoms with E-state index in [1.54, 1.807) is 12.4 Å². The van der Waals surface area contributed by atoms with Crippen LogP contribution in [0.25, 0.3) is 11.3 Å². The van der Waals surface area contributed by atoms with E-state index in [0.29, 0.717) is 11.6 Å². The van der Waals surface area contributed by atoms with E-state index in [1.807, 2.05) is 47.6 Å². The van der Waals surface area contributed by atoms with Crippen LogP contribution in [-0.2, 0) is 0 Å². The van der Waals surface area contributed by atoms with E-state index in [-0.39, 0.29) is 0 Å². The van der Waals surface area contributed by atoms with Gasteiger partial charge in [0.1, 0.15) is 23.2 Å². The third-order valence-corrected chi connectivity index (χ3v) is 3.18. The summed E-state index contributed by atoms with van der Waals surface area (Å²) in [5.74, 6) is 2.80. The predicted octanol–water partition coefficient (Wildman–Crippen LogP) is 3.93. The molecule has 3 heterocycles. The van der Waals surface area contributed by atoms with Gasteiger partial charge in [-0.1, -0.05) is 19.0 Å². The molecular formula is C17H22N6O. The predicted molar refractivity (Wildman–Crippen MR) is 93.1 cm³/mol. The maximum absolute atomic E-state index is 5.21. The topological polar surface area (TPSA) is 89.6 Å². The Kier molecular flexibility index (Phi) is 5.57. The number of nitrogens with one attached hydrogen (secondary N) is 1. The third-order valence-electron chi connectivity index (χ3n) is 3.18. The molecule has 3 aromatic rings. The van der Waals surface area contributed by atoms with Gasteiger partial charge in [0.25, 0.3) is 0 Å². The highest BCUT2D eigenvalue weighted by atomic mass is 16.5. The van der Waals surface area contributed by atoms with E-state index in [2.05, 4.69) is 30.4 Å². The van der Waals surface area contributed by atoms with Gasteiger partial charge in [-0.25, -0.2) is 19.9 Å². The maximum atomic E-state index is 5.21. The van der Waals surface area contributed by atoms with E-state index >= 15 is 0 Å². The van der Waals surface area contributed by atoms with Crippen molar-refractivity contribution in [1.29, 1.82) is 0 Å². The van der Waals surface area contributed by atoms with Gasteiger partial charge < -0.3 is 9.84 Å². The van der Waals surface area contributed by atoms with E-state index in [0.717, 1.165) is 34.2 Å². The quantitative estimate of drug-likeness (QED) is 0.780. The highest BCUT2D eigenvalue weighted by Crippen LogP contribution is 2.27. The van der Waals surface area contributed by atoms with Crippen molar-refractivity contribution in [2.75, 3.05) is 5.32 Å². The molecule has 0 aliphatic rings. The van der Waals surface area contributed by atoms with Crippen molar-refractivity contribution in [1.82, 2.24) is 25.1 Å². The molecule has 3 rings (SSSR count). The zero-order chi connectivity index (χ0) is 17.7. The fourth-order valence-electron chi connectivity index (χ4n) is 2.21. The average molecular weight is 326 g/mol. The summed E-state index contributed by atoms with van der Waals surface area (Å²) in [6.45, 7) is 11.4. The first-order valence-corrected chi connectivity index (χ1v) is 7.87. The first-order valence-electron chi connectivity index (χ1n) is 7.87. The number of aromatic nitrogens is 5. The number of anilines is 2. The lowest BCUT2D eigenvalue weighted by Crippen LogP contribution is -2.00. The largest absolute Gasteiger partial charge is 0.361 e. The van der Waals surface area contributed by atoms with Gasteiger partial charge >= 0.3 is 0 Å². The fraction of sp³-hybridized carbons (Fsp3) is 0.353. The van der Waals surface area contributed by atoms with Crippen LogP contribution in [0.3, 0.4) is 0 Å². The van der Waals surface area contributed by atoms with Crippen LogP contribution in [0.1, 0.15) is 37.0 Å². The first-order chi connectivity index (χ1) is 11.5. The lowest BCUT2D eigenvalue weighted by Gasteiger charge is -2.08. The van der Waals surface area contributed by atoms with Crippen LogP contribution in [-0.4, -0.2) is 25.1 Å². The van der Waals surface area contributed by atoms with E-state index in [9.17, 15) is 0 Å². The molecule has 0 spiro atoms. The number of nitrogens with zero attached hydrogens (tertiary/aromatic N) is 5. The summed E-state index contributed by atoms with van der Waals surface area (Å²) in [5.41, 5.74) is 3.25. The van der Waals surface area contributed by atoms with E-state index in [4.69, 9.17) is 4.52 Å². The molecule has 0 amide bonds. The van der Waals surface area contributed by atoms with Crippen molar-refractivity contribution in [2.24, 2.45) is 0 Å². The highest BCUT2D eigenvalue weighted by Gasteiger charge is 2.14. The molecular weight excluding hydrogens is 304 g/mol. The number of rotatable bonds is 3. The Labute approximate surface area is 141 Å². The number of hydrogen-bond donors (Lipinski definition) is 1. The molecule has 7 heteroatoms. The molecule has 0 aliphatic carbocycles. The molecule has 0 fully saturated rings. The van der Waals surface area contributed by atoms with Gasteiger partial charge in [-0.2, -0.15) is 0 Å². The molecule has 0 aromatic carbocycles. The van der Waals surface area contributed by atoms with E-state index < -0.39 is 0 Å². The normalized spacial score (nSPS) is 10.1. The minimum absolute atomic E-state index is 0.660. The Morgan fingerprint density at radius 2 is 1.58 bits per heavy atom. The highest BCUT2D eigenvalue weighted by molar-refractivity contribution is 5.68. The van der Waals surface area contributed by atoms with Crippen molar-refractivity contribution < 1.29 is 4.52 Å². The smallest absolute Gasteiger partial charge is 0.143 e. The lowest BCUT2D eigenvalue weighted by atomic mass is 10.1. The standard InChI is InChI=1S/C15H16N6O.C2H6/c1-8-15(9(2)22-21-8)13-5-14(19-11(4)18-13)20-12-6-16-10(3)17-7-12;1-2/h5-7H,1-4H3,(H,18,19,20);1-2H3. The van der Waals surface area contributed by atoms with Crippen LogP contribution in [0.15, 0.2) is 23.0 Å². The SMILES string of the molecule is CC.Cc1ncc(Nc2cc(-c3c(C)noc3C)nc(C)n2)cn1. The zero-order valence-corrected chi connectivity index (χ0v) is 14.9. The summed E-state index contributed by atoms with van der Waals surface area (Å²) < 4.78 is 5.21. The molecule has 7 nitrogen and oxygen atoms in total. The van der Waals surface area contributed by atoms with Gasteiger partial charge in [-0.05, 0) is 27.7 Å². The van der Waals surface area contributed by atoms with Crippen LogP contribution < -0.4 is 5.32 Å². The van der Waals surface area contributed by atoms with Crippen molar-refractivity contribution in [3.8, 4) is 11.3 Å². The van der Waals surface area contributed by atoms with Crippen LogP contribution in [0.4, 0.5) is 11.5 Å². The minimum atomic E-state index is 0.660. The summed E-state index contributed by atoms with van der Waals surface area (Å²) >= 11 is 0. The Morgan fingerprint density at radius 3 is 2.17 bits per heavy atom. The molecule has 1 N–H and O–H groups in total. The molecule has 3 aromatic heterocycles. The monoisotopic (exact) mass is 326 g/mol. The average Bonchev–Trinajstić information content (AvgIpc) is 2.90. The summed E-state index contributed by atoms with van der Waals surface area (Å²) in [4.78, 5) is 17.2. The van der Waals surface area contributed by atoms with Crippen molar-refractivity contribution >= 4 is 11.5 Å². The molecule has 0 saturated heterocycles. The van der Waals surface area contributed by atoms with Crippen LogP contribution in [0, 0.1) is 27.7 Å². The van der Waals surface area contributed by atoms with Gasteiger partial charge in [0, 0.05) is 6.07 Å². The summed E-state index contributed by atoms with van der Waals surface area (Å²) in [6, 6.07) is 1.86. The third kappa shape index (κ3) is 3.92. The van der Waals surface area contributed by atoms with Crippen LogP contribution >= 0.6 is 0 Å². The Bertz CT molecular complexity index is 791. The molecule has 0 unspecified atom stereocenters. The molecule has 0 aliphatic heterocycles. The molecule has 24 heavy (non-hydrogen) atoms. The lowest BCUT2D eigenvalue weighted by molar-refractivity contribution is 0.393. The van der Waals surface area contributed by atoms with Crippen LogP contribution in [0.5, 0.6) is 0 Å². The Hall–Kier alpha value is -2.83. The van der Waals surface area contributed by atoms with E-state index in [1.165, 1.54) is 0 Å². The minimum Gasteiger partial charge on any atom is -0.361 e. The van der Waals surface area contributed by atoms with Gasteiger partial charge in [0.2, 0.25) is 0 Å². The molecule has 0 radical (unpaired) electrons. The maximum Gasteiger partial charge on any atom is 0.143 e. The van der Waals surface area contributed by atoms with Crippen molar-refractivity contribution in [3.63, 3.8) is 0 Å². The molecule has 126 valence electrons. The van der Waals surface area contributed by atoms with Crippen LogP contribution in [0.2, 0.25) is 0 Å². The van der Waals surface area contributed by atoms with Crippen molar-refractivity contribution in [3.05, 3.63) is 41.6 Å². The number of hydrogen-bond acceptors (Lipinski definition) is 7. The molecule has 0 bridgehead atoms. The second kappa shape index (κ2) is 7.63. The van der Waals surface area contributed by atoms with Gasteiger partial charge in [-0.15, -0.1) is 0 Å². The summed E-state index contributed by atoms with van der Waals surface area (Å²) in [7, 11) is 0. The fourth-order valence-corrected chi connectivity index (χ4v) is 2.21. The second-order valence-electron chi connectivity index (χ2n) is 5.03. The summed E-state index contributed by atoms with van der Waals surface area (Å²) in [5, 5.41) is 7.16.